The summed E-state index contributed by atoms with van der Waals surface area (Å²) in [6, 6.07) is 0. The van der Waals surface area contributed by atoms with Crippen LogP contribution in [0.3, 0.4) is 0 Å². The first kappa shape index (κ1) is 27.7. The van der Waals surface area contributed by atoms with Crippen LogP contribution < -0.4 is 0 Å². The molecule has 2 atom stereocenters. The van der Waals surface area contributed by atoms with Crippen LogP contribution in [0.1, 0.15) is 6.42 Å². The van der Waals surface area contributed by atoms with Gasteiger partial charge in [-0.25, -0.2) is 25.6 Å². The lowest BCUT2D eigenvalue weighted by atomic mass is 10.0. The fourth-order valence-electron chi connectivity index (χ4n) is 2.48. The SMILES string of the molecule is C=CC[N+]1(CC=C)C[C@H](F)C[C@H](F)C1.O=S(=O)([N-]S(=O)(=O)C(F)(F)F)C(F)(F)F. The number of piperidine rings is 1. The van der Waals surface area contributed by atoms with Crippen molar-refractivity contribution >= 4 is 20.0 Å². The Morgan fingerprint density at radius 1 is 0.828 bits per heavy atom. The van der Waals surface area contributed by atoms with E-state index >= 15 is 0 Å². The maximum absolute atomic E-state index is 13.3. The second-order valence-corrected chi connectivity index (χ2v) is 9.42. The quantitative estimate of drug-likeness (QED) is 0.331. The maximum Gasteiger partial charge on any atom is 0.480 e. The molecule has 0 saturated carbocycles. The first-order chi connectivity index (χ1) is 12.8. The third kappa shape index (κ3) is 8.18. The zero-order valence-corrected chi connectivity index (χ0v) is 16.3. The van der Waals surface area contributed by atoms with Gasteiger partial charge in [0.25, 0.3) is 0 Å². The summed E-state index contributed by atoms with van der Waals surface area (Å²) in [5.74, 6) is 0. The first-order valence-electron chi connectivity index (χ1n) is 7.54. The highest BCUT2D eigenvalue weighted by molar-refractivity contribution is 8.13. The van der Waals surface area contributed by atoms with Gasteiger partial charge in [-0.05, 0) is 12.2 Å². The molecule has 1 aliphatic heterocycles. The summed E-state index contributed by atoms with van der Waals surface area (Å²) in [6.07, 6.45) is 1.45. The largest absolute Gasteiger partial charge is 0.480 e. The molecule has 6 nitrogen and oxygen atoms in total. The molecular weight excluding hydrogens is 464 g/mol. The molecular formula is C13H18F8N2O4S2. The van der Waals surface area contributed by atoms with Crippen molar-refractivity contribution < 1.29 is 56.4 Å². The van der Waals surface area contributed by atoms with Crippen LogP contribution in [0.2, 0.25) is 0 Å². The van der Waals surface area contributed by atoms with Gasteiger partial charge in [-0.15, -0.1) is 0 Å². The Bertz CT molecular complexity index is 714. The van der Waals surface area contributed by atoms with Crippen LogP contribution in [0.5, 0.6) is 0 Å². The maximum atomic E-state index is 13.3. The molecule has 1 heterocycles. The molecule has 1 saturated heterocycles. The van der Waals surface area contributed by atoms with Crippen LogP contribution in [-0.4, -0.2) is 70.9 Å². The normalized spacial score (nSPS) is 22.9. The van der Waals surface area contributed by atoms with Gasteiger partial charge in [0.1, 0.15) is 13.1 Å². The smallest absolute Gasteiger partial charge is 0.421 e. The van der Waals surface area contributed by atoms with Gasteiger partial charge in [0, 0.05) is 6.42 Å². The summed E-state index contributed by atoms with van der Waals surface area (Å²) in [5.41, 5.74) is -12.4. The number of rotatable bonds is 6. The molecule has 0 spiro atoms. The van der Waals surface area contributed by atoms with E-state index in [9.17, 15) is 52.0 Å². The molecule has 0 aromatic heterocycles. The van der Waals surface area contributed by atoms with Gasteiger partial charge < -0.3 is 8.61 Å². The van der Waals surface area contributed by atoms with Gasteiger partial charge >= 0.3 is 11.0 Å². The second-order valence-electron chi connectivity index (χ2n) is 6.00. The molecule has 172 valence electrons. The Balaban J connectivity index is 0.000000541. The van der Waals surface area contributed by atoms with Crippen molar-refractivity contribution in [2.45, 2.75) is 29.8 Å². The summed E-state index contributed by atoms with van der Waals surface area (Å²) < 4.78 is 136. The number of nitrogens with zero attached hydrogens (tertiary/aromatic N) is 2. The minimum absolute atomic E-state index is 0.0499. The van der Waals surface area contributed by atoms with Crippen LogP contribution in [-0.2, 0) is 20.0 Å². The minimum Gasteiger partial charge on any atom is -0.421 e. The fraction of sp³-hybridized carbons (Fsp3) is 0.692. The van der Waals surface area contributed by atoms with Crippen molar-refractivity contribution in [3.8, 4) is 0 Å². The minimum atomic E-state index is -6.72. The van der Waals surface area contributed by atoms with E-state index in [1.165, 1.54) is 0 Å². The first-order valence-corrected chi connectivity index (χ1v) is 10.4. The highest BCUT2D eigenvalue weighted by atomic mass is 32.3. The molecule has 0 unspecified atom stereocenters. The monoisotopic (exact) mass is 482 g/mol. The average molecular weight is 482 g/mol. The Kier molecular flexibility index (Phi) is 9.28. The number of alkyl halides is 8. The van der Waals surface area contributed by atoms with Crippen LogP contribution in [0.25, 0.3) is 4.13 Å². The molecule has 16 heteroatoms. The highest BCUT2D eigenvalue weighted by Crippen LogP contribution is 2.36. The molecule has 1 rings (SSSR count). The summed E-state index contributed by atoms with van der Waals surface area (Å²) in [5, 5.41) is 0. The van der Waals surface area contributed by atoms with Crippen molar-refractivity contribution in [2.75, 3.05) is 26.2 Å². The molecule has 0 radical (unpaired) electrons. The van der Waals surface area contributed by atoms with E-state index < -0.39 is 43.4 Å². The highest BCUT2D eigenvalue weighted by Gasteiger charge is 2.47. The lowest BCUT2D eigenvalue weighted by molar-refractivity contribution is -0.926. The number of quaternary nitrogens is 1. The molecule has 29 heavy (non-hydrogen) atoms. The summed E-state index contributed by atoms with van der Waals surface area (Å²) in [4.78, 5) is 0. The second kappa shape index (κ2) is 9.70. The summed E-state index contributed by atoms with van der Waals surface area (Å²) >= 11 is 0. The Labute approximate surface area is 162 Å². The van der Waals surface area contributed by atoms with Crippen LogP contribution in [0, 0.1) is 0 Å². The topological polar surface area (TPSA) is 82.4 Å². The van der Waals surface area contributed by atoms with Crippen molar-refractivity contribution in [1.29, 1.82) is 0 Å². The van der Waals surface area contributed by atoms with Crippen molar-refractivity contribution in [1.82, 2.24) is 0 Å². The number of halogens is 8. The average Bonchev–Trinajstić information content (AvgIpc) is 2.43. The van der Waals surface area contributed by atoms with E-state index in [-0.39, 0.29) is 6.42 Å². The van der Waals surface area contributed by atoms with E-state index in [1.807, 2.05) is 0 Å². The van der Waals surface area contributed by atoms with Gasteiger partial charge in [-0.1, -0.05) is 13.2 Å². The van der Waals surface area contributed by atoms with E-state index in [0.717, 1.165) is 4.13 Å². The third-order valence-corrected chi connectivity index (χ3v) is 6.24. The molecule has 0 aromatic carbocycles. The molecule has 0 bridgehead atoms. The van der Waals surface area contributed by atoms with E-state index in [0.29, 0.717) is 30.7 Å². The predicted octanol–water partition coefficient (Wildman–Crippen LogP) is 3.31. The zero-order chi connectivity index (χ0) is 23.3. The predicted molar refractivity (Wildman–Crippen MR) is 87.8 cm³/mol. The van der Waals surface area contributed by atoms with Gasteiger partial charge in [0.05, 0.1) is 13.1 Å². The van der Waals surface area contributed by atoms with Crippen molar-refractivity contribution in [3.63, 3.8) is 0 Å². The van der Waals surface area contributed by atoms with Crippen LogP contribution in [0.15, 0.2) is 25.3 Å². The lowest BCUT2D eigenvalue weighted by Crippen LogP contribution is -2.58. The van der Waals surface area contributed by atoms with Crippen molar-refractivity contribution in [2.24, 2.45) is 0 Å². The van der Waals surface area contributed by atoms with E-state index in [4.69, 9.17) is 0 Å². The van der Waals surface area contributed by atoms with Crippen LogP contribution in [0.4, 0.5) is 35.1 Å². The van der Waals surface area contributed by atoms with Crippen molar-refractivity contribution in [3.05, 3.63) is 29.4 Å². The third-order valence-electron chi connectivity index (χ3n) is 3.50. The molecule has 0 aliphatic carbocycles. The number of hydrogen-bond donors (Lipinski definition) is 0. The zero-order valence-electron chi connectivity index (χ0n) is 14.6. The molecule has 1 fully saturated rings. The molecule has 1 aliphatic rings. The van der Waals surface area contributed by atoms with Gasteiger partial charge in [0.15, 0.2) is 32.4 Å². The van der Waals surface area contributed by atoms with E-state index in [2.05, 4.69) is 13.2 Å². The van der Waals surface area contributed by atoms with Gasteiger partial charge in [-0.2, -0.15) is 26.3 Å². The number of sulfonamides is 2. The van der Waals surface area contributed by atoms with Crippen LogP contribution >= 0.6 is 0 Å². The number of hydrogen-bond acceptors (Lipinski definition) is 4. The summed E-state index contributed by atoms with van der Waals surface area (Å²) in [6.45, 7) is 9.29. The Morgan fingerprint density at radius 3 is 1.38 bits per heavy atom. The molecule has 0 amide bonds. The standard InChI is InChI=1S/C11H18F2N.C2F6NO4S2/c1-3-5-14(6-4-2)8-10(12)7-11(13)9-14;3-1(4,5)14(10,11)9-15(12,13)2(6,7)8/h3-4,10-11H,1-2,5-9H2;/q+1;-1/t10-,11+;. The fourth-order valence-corrected chi connectivity index (χ4v) is 4.19. The molecule has 0 N–H and O–H groups in total. The Hall–Kier alpha value is -1.26. The summed E-state index contributed by atoms with van der Waals surface area (Å²) in [7, 11) is -13.4. The lowest BCUT2D eigenvalue weighted by Gasteiger charge is -2.42. The van der Waals surface area contributed by atoms with E-state index in [1.54, 1.807) is 12.2 Å². The van der Waals surface area contributed by atoms with Gasteiger partial charge in [0.2, 0.25) is 0 Å². The number of likely N-dealkylation sites (tertiary alicyclic amines) is 1. The Morgan fingerprint density at radius 2 is 1.14 bits per heavy atom. The molecule has 0 aromatic rings. The van der Waals surface area contributed by atoms with Gasteiger partial charge in [-0.3, -0.25) is 0 Å².